The van der Waals surface area contributed by atoms with Crippen LogP contribution in [0.4, 0.5) is 23.0 Å². The molecule has 30 heavy (non-hydrogen) atoms. The number of hydrogen-bond acceptors (Lipinski definition) is 7. The Labute approximate surface area is 174 Å². The summed E-state index contributed by atoms with van der Waals surface area (Å²) in [6, 6.07) is 11.2. The van der Waals surface area contributed by atoms with E-state index >= 15 is 0 Å². The van der Waals surface area contributed by atoms with E-state index in [1.54, 1.807) is 6.07 Å². The first-order valence-electron chi connectivity index (χ1n) is 10.4. The molecule has 2 fully saturated rings. The molecule has 1 amide bonds. The van der Waals surface area contributed by atoms with Crippen LogP contribution in [0.2, 0.25) is 0 Å². The maximum Gasteiger partial charge on any atom is 0.277 e. The summed E-state index contributed by atoms with van der Waals surface area (Å²) >= 11 is 0. The van der Waals surface area contributed by atoms with Crippen LogP contribution in [0.15, 0.2) is 40.9 Å². The summed E-state index contributed by atoms with van der Waals surface area (Å²) in [5.41, 5.74) is 1.89. The second-order valence-corrected chi connectivity index (χ2v) is 7.90. The lowest BCUT2D eigenvalue weighted by molar-refractivity contribution is 0.101. The highest BCUT2D eigenvalue weighted by atomic mass is 16.5. The highest BCUT2D eigenvalue weighted by Gasteiger charge is 2.28. The third kappa shape index (κ3) is 4.12. The minimum absolute atomic E-state index is 0.270. The summed E-state index contributed by atoms with van der Waals surface area (Å²) < 4.78 is 5.25. The van der Waals surface area contributed by atoms with E-state index in [4.69, 9.17) is 4.52 Å². The Kier molecular flexibility index (Phi) is 4.82. The quantitative estimate of drug-likeness (QED) is 0.634. The van der Waals surface area contributed by atoms with E-state index in [-0.39, 0.29) is 5.91 Å². The lowest BCUT2D eigenvalue weighted by Crippen LogP contribution is -2.19. The number of benzene rings is 1. The molecule has 0 radical (unpaired) electrons. The van der Waals surface area contributed by atoms with Crippen molar-refractivity contribution in [2.75, 3.05) is 28.6 Å². The van der Waals surface area contributed by atoms with Gasteiger partial charge in [-0.3, -0.25) is 4.79 Å². The Hall–Kier alpha value is -3.42. The van der Waals surface area contributed by atoms with Crippen molar-refractivity contribution in [1.82, 2.24) is 15.1 Å². The van der Waals surface area contributed by atoms with Crippen LogP contribution in [-0.4, -0.2) is 34.1 Å². The largest absolute Gasteiger partial charge is 0.360 e. The van der Waals surface area contributed by atoms with Crippen LogP contribution < -0.4 is 15.5 Å². The van der Waals surface area contributed by atoms with Crippen molar-refractivity contribution in [2.24, 2.45) is 0 Å². The Morgan fingerprint density at radius 2 is 1.80 bits per heavy atom. The average molecular weight is 404 g/mol. The molecule has 0 bridgehead atoms. The second-order valence-electron chi connectivity index (χ2n) is 7.90. The van der Waals surface area contributed by atoms with Crippen molar-refractivity contribution in [1.29, 1.82) is 0 Å². The van der Waals surface area contributed by atoms with Crippen molar-refractivity contribution in [2.45, 2.75) is 38.5 Å². The third-order valence-corrected chi connectivity index (χ3v) is 5.41. The third-order valence-electron chi connectivity index (χ3n) is 5.41. The molecule has 5 rings (SSSR count). The highest BCUT2D eigenvalue weighted by molar-refractivity contribution is 6.02. The zero-order chi connectivity index (χ0) is 20.5. The zero-order valence-corrected chi connectivity index (χ0v) is 16.9. The maximum atomic E-state index is 12.4. The highest BCUT2D eigenvalue weighted by Crippen LogP contribution is 2.40. The number of carbonyl (C=O) groups is 1. The smallest absolute Gasteiger partial charge is 0.277 e. The first-order valence-corrected chi connectivity index (χ1v) is 10.4. The molecular weight excluding hydrogens is 380 g/mol. The SMILES string of the molecule is Cc1nc(Nc2ccc(NC(=O)c3cc(C4CC4)on3)cc2)cc(N2CCCC2)n1. The van der Waals surface area contributed by atoms with Crippen LogP contribution in [0.1, 0.15) is 53.7 Å². The standard InChI is InChI=1S/C22H24N6O2/c1-14-23-20(13-21(24-14)28-10-2-3-11-28)25-16-6-8-17(9-7-16)26-22(29)18-12-19(30-27-18)15-4-5-15/h6-9,12-13,15H,2-5,10-11H2,1H3,(H,26,29)(H,23,24,25). The van der Waals surface area contributed by atoms with Crippen LogP contribution in [0.25, 0.3) is 0 Å². The molecule has 1 aromatic carbocycles. The van der Waals surface area contributed by atoms with Gasteiger partial charge in [-0.1, -0.05) is 5.16 Å². The minimum Gasteiger partial charge on any atom is -0.360 e. The maximum absolute atomic E-state index is 12.4. The van der Waals surface area contributed by atoms with Gasteiger partial charge < -0.3 is 20.1 Å². The minimum atomic E-state index is -0.270. The van der Waals surface area contributed by atoms with Gasteiger partial charge in [0.25, 0.3) is 5.91 Å². The Morgan fingerprint density at radius 1 is 1.07 bits per heavy atom. The summed E-state index contributed by atoms with van der Waals surface area (Å²) in [6.45, 7) is 3.98. The van der Waals surface area contributed by atoms with E-state index in [1.165, 1.54) is 12.8 Å². The van der Waals surface area contributed by atoms with Gasteiger partial charge in [-0.2, -0.15) is 0 Å². The number of anilines is 4. The van der Waals surface area contributed by atoms with E-state index in [2.05, 4.69) is 30.7 Å². The molecule has 3 heterocycles. The number of amides is 1. The van der Waals surface area contributed by atoms with Gasteiger partial charge in [0.15, 0.2) is 5.69 Å². The zero-order valence-electron chi connectivity index (χ0n) is 16.9. The molecule has 2 N–H and O–H groups in total. The number of nitrogens with zero attached hydrogens (tertiary/aromatic N) is 4. The van der Waals surface area contributed by atoms with Crippen LogP contribution in [-0.2, 0) is 0 Å². The normalized spacial score (nSPS) is 16.0. The van der Waals surface area contributed by atoms with Gasteiger partial charge in [0, 0.05) is 42.5 Å². The van der Waals surface area contributed by atoms with Crippen molar-refractivity contribution in [3.63, 3.8) is 0 Å². The Bertz CT molecular complexity index is 1050. The van der Waals surface area contributed by atoms with E-state index in [0.29, 0.717) is 17.3 Å². The van der Waals surface area contributed by atoms with Gasteiger partial charge in [-0.05, 0) is 56.9 Å². The van der Waals surface area contributed by atoms with Gasteiger partial charge >= 0.3 is 0 Å². The van der Waals surface area contributed by atoms with Crippen molar-refractivity contribution >= 4 is 28.9 Å². The molecule has 1 aliphatic carbocycles. The predicted octanol–water partition coefficient (Wildman–Crippen LogP) is 4.25. The van der Waals surface area contributed by atoms with Gasteiger partial charge in [-0.15, -0.1) is 0 Å². The molecule has 2 aromatic heterocycles. The van der Waals surface area contributed by atoms with Gasteiger partial charge in [0.05, 0.1) is 0 Å². The molecule has 3 aromatic rings. The summed E-state index contributed by atoms with van der Waals surface area (Å²) in [6.07, 6.45) is 4.62. The summed E-state index contributed by atoms with van der Waals surface area (Å²) in [5, 5.41) is 10.1. The molecule has 1 saturated heterocycles. The lowest BCUT2D eigenvalue weighted by atomic mass is 10.2. The summed E-state index contributed by atoms with van der Waals surface area (Å²) in [5.74, 6) is 3.42. The van der Waals surface area contributed by atoms with Crippen molar-refractivity contribution < 1.29 is 9.32 Å². The average Bonchev–Trinajstić information content (AvgIpc) is 3.23. The second kappa shape index (κ2) is 7.78. The molecule has 0 unspecified atom stereocenters. The summed E-state index contributed by atoms with van der Waals surface area (Å²) in [7, 11) is 0. The van der Waals surface area contributed by atoms with Crippen LogP contribution in [0.5, 0.6) is 0 Å². The molecule has 2 aliphatic rings. The topological polar surface area (TPSA) is 96.2 Å². The number of carbonyl (C=O) groups excluding carboxylic acids is 1. The fourth-order valence-corrected chi connectivity index (χ4v) is 3.66. The molecule has 0 atom stereocenters. The fourth-order valence-electron chi connectivity index (χ4n) is 3.66. The Morgan fingerprint density at radius 3 is 2.53 bits per heavy atom. The number of rotatable bonds is 6. The first kappa shape index (κ1) is 18.6. The van der Waals surface area contributed by atoms with E-state index in [9.17, 15) is 4.79 Å². The van der Waals surface area contributed by atoms with Crippen LogP contribution >= 0.6 is 0 Å². The summed E-state index contributed by atoms with van der Waals surface area (Å²) in [4.78, 5) is 23.7. The van der Waals surface area contributed by atoms with Gasteiger partial charge in [0.1, 0.15) is 23.2 Å². The van der Waals surface area contributed by atoms with E-state index < -0.39 is 0 Å². The number of aromatic nitrogens is 3. The molecule has 154 valence electrons. The monoisotopic (exact) mass is 404 g/mol. The molecule has 1 aliphatic heterocycles. The molecular formula is C22H24N6O2. The number of nitrogens with one attached hydrogen (secondary N) is 2. The number of aryl methyl sites for hydroxylation is 1. The lowest BCUT2D eigenvalue weighted by Gasteiger charge is -2.18. The van der Waals surface area contributed by atoms with E-state index in [0.717, 1.165) is 54.8 Å². The molecule has 0 spiro atoms. The Balaban J connectivity index is 1.24. The van der Waals surface area contributed by atoms with Crippen LogP contribution in [0.3, 0.4) is 0 Å². The first-order chi connectivity index (χ1) is 14.6. The fraction of sp³-hybridized carbons (Fsp3) is 0.364. The molecule has 8 heteroatoms. The van der Waals surface area contributed by atoms with Crippen LogP contribution in [0, 0.1) is 6.92 Å². The predicted molar refractivity (Wildman–Crippen MR) is 114 cm³/mol. The van der Waals surface area contributed by atoms with Gasteiger partial charge in [0.2, 0.25) is 0 Å². The molecule has 1 saturated carbocycles. The number of hydrogen-bond donors (Lipinski definition) is 2. The van der Waals surface area contributed by atoms with Crippen molar-refractivity contribution in [3.8, 4) is 0 Å². The van der Waals surface area contributed by atoms with E-state index in [1.807, 2.05) is 37.3 Å². The molecule has 8 nitrogen and oxygen atoms in total. The van der Waals surface area contributed by atoms with Gasteiger partial charge in [-0.25, -0.2) is 9.97 Å². The van der Waals surface area contributed by atoms with Crippen molar-refractivity contribution in [3.05, 3.63) is 53.7 Å².